The summed E-state index contributed by atoms with van der Waals surface area (Å²) < 4.78 is 0. The van der Waals surface area contributed by atoms with Crippen molar-refractivity contribution in [2.24, 2.45) is 16.5 Å². The van der Waals surface area contributed by atoms with Gasteiger partial charge < -0.3 is 21.7 Å². The van der Waals surface area contributed by atoms with Crippen LogP contribution in [0.5, 0.6) is 5.75 Å². The maximum atomic E-state index is 11.0. The van der Waals surface area contributed by atoms with Gasteiger partial charge >= 0.3 is 5.97 Å². The van der Waals surface area contributed by atoms with Crippen LogP contribution >= 0.6 is 0 Å². The van der Waals surface area contributed by atoms with Gasteiger partial charge in [0.25, 0.3) is 0 Å². The zero-order valence-corrected chi connectivity index (χ0v) is 14.1. The number of phenolic OH excluding ortho intramolecular Hbond substituents is 1. The van der Waals surface area contributed by atoms with E-state index in [1.54, 1.807) is 30.4 Å². The Morgan fingerprint density at radius 2 is 2.12 bits per heavy atom. The number of nitrogens with one attached hydrogen (secondary N) is 1. The van der Waals surface area contributed by atoms with Crippen molar-refractivity contribution in [1.29, 1.82) is 5.41 Å². The monoisotopic (exact) mass is 346 g/mol. The van der Waals surface area contributed by atoms with E-state index in [9.17, 15) is 9.90 Å². The van der Waals surface area contributed by atoms with Crippen LogP contribution in [0.2, 0.25) is 0 Å². The fourth-order valence-corrected chi connectivity index (χ4v) is 1.90. The molecule has 0 saturated carbocycles. The quantitative estimate of drug-likeness (QED) is 0.263. The average molecular weight is 346 g/mol. The molecule has 1 atom stereocenters. The highest BCUT2D eigenvalue weighted by molar-refractivity contribution is 5.82. The number of aliphatic carboxylic acids is 1. The summed E-state index contributed by atoms with van der Waals surface area (Å²) in [6, 6.07) is 4.60. The van der Waals surface area contributed by atoms with Gasteiger partial charge in [-0.2, -0.15) is 0 Å². The Balaban J connectivity index is 0.00000178. The Bertz CT molecular complexity index is 612. The second-order valence-electron chi connectivity index (χ2n) is 4.99. The van der Waals surface area contributed by atoms with Crippen LogP contribution in [0.4, 0.5) is 0 Å². The molecule has 0 spiro atoms. The molecule has 25 heavy (non-hydrogen) atoms. The summed E-state index contributed by atoms with van der Waals surface area (Å²) in [5.74, 6) is -0.795. The van der Waals surface area contributed by atoms with Gasteiger partial charge in [0.15, 0.2) is 0 Å². The second kappa shape index (κ2) is 13.5. The van der Waals surface area contributed by atoms with Gasteiger partial charge in [-0.15, -0.1) is 6.58 Å². The number of hydrogen-bond donors (Lipinski definition) is 5. The summed E-state index contributed by atoms with van der Waals surface area (Å²) in [6.07, 6.45) is 8.97. The zero-order valence-electron chi connectivity index (χ0n) is 14.1. The number of carboxylic acid groups (broad SMARTS) is 1. The minimum atomic E-state index is -0.963. The zero-order chi connectivity index (χ0) is 19.1. The van der Waals surface area contributed by atoms with Crippen LogP contribution in [-0.2, 0) is 11.2 Å². The SMILES string of the molecule is C=CCc1ccc(/C=C/C=NC(CCCN)C(=O)O)c(O)c1.N=CN. The van der Waals surface area contributed by atoms with Crippen molar-refractivity contribution in [2.75, 3.05) is 6.54 Å². The first-order valence-corrected chi connectivity index (χ1v) is 7.76. The highest BCUT2D eigenvalue weighted by atomic mass is 16.4. The number of benzene rings is 1. The Kier molecular flexibility index (Phi) is 11.9. The minimum absolute atomic E-state index is 0.168. The van der Waals surface area contributed by atoms with Crippen LogP contribution in [0.15, 0.2) is 41.9 Å². The molecule has 0 aromatic heterocycles. The topological polar surface area (TPSA) is 146 Å². The lowest BCUT2D eigenvalue weighted by atomic mass is 10.1. The van der Waals surface area contributed by atoms with Crippen LogP contribution in [0, 0.1) is 5.41 Å². The van der Waals surface area contributed by atoms with Crippen LogP contribution < -0.4 is 11.5 Å². The van der Waals surface area contributed by atoms with Crippen molar-refractivity contribution in [3.8, 4) is 5.75 Å². The Morgan fingerprint density at radius 1 is 1.44 bits per heavy atom. The van der Waals surface area contributed by atoms with Gasteiger partial charge in [-0.3, -0.25) is 10.4 Å². The molecule has 136 valence electrons. The lowest BCUT2D eigenvalue weighted by molar-refractivity contribution is -0.138. The molecule has 0 fully saturated rings. The molecule has 0 aliphatic carbocycles. The molecule has 0 amide bonds. The molecule has 0 aliphatic rings. The summed E-state index contributed by atoms with van der Waals surface area (Å²) in [5, 5.41) is 24.8. The van der Waals surface area contributed by atoms with Crippen molar-refractivity contribution in [2.45, 2.75) is 25.3 Å². The van der Waals surface area contributed by atoms with E-state index in [0.717, 1.165) is 11.9 Å². The summed E-state index contributed by atoms with van der Waals surface area (Å²) in [5.41, 5.74) is 11.4. The molecule has 1 aromatic carbocycles. The number of aliphatic imine (C=N–C) groups is 1. The number of hydrogen-bond acceptors (Lipinski definition) is 5. The molecule has 1 unspecified atom stereocenters. The van der Waals surface area contributed by atoms with E-state index in [-0.39, 0.29) is 5.75 Å². The average Bonchev–Trinajstić information content (AvgIpc) is 2.56. The number of phenols is 1. The number of carbonyl (C=O) groups is 1. The Labute approximate surface area is 147 Å². The minimum Gasteiger partial charge on any atom is -0.507 e. The predicted molar refractivity (Wildman–Crippen MR) is 102 cm³/mol. The molecule has 7 N–H and O–H groups in total. The maximum absolute atomic E-state index is 11.0. The van der Waals surface area contributed by atoms with Crippen molar-refractivity contribution >= 4 is 24.6 Å². The first-order chi connectivity index (χ1) is 12.0. The summed E-state index contributed by atoms with van der Waals surface area (Å²) in [7, 11) is 0. The Morgan fingerprint density at radius 3 is 2.64 bits per heavy atom. The van der Waals surface area contributed by atoms with E-state index < -0.39 is 12.0 Å². The van der Waals surface area contributed by atoms with Crippen molar-refractivity contribution in [3.63, 3.8) is 0 Å². The van der Waals surface area contributed by atoms with Crippen LogP contribution in [0.25, 0.3) is 6.08 Å². The predicted octanol–water partition coefficient (Wildman–Crippen LogP) is 1.95. The molecule has 0 aliphatic heterocycles. The fraction of sp³-hybridized carbons (Fsp3) is 0.278. The third kappa shape index (κ3) is 9.72. The lowest BCUT2D eigenvalue weighted by Crippen LogP contribution is -2.19. The molecule has 0 radical (unpaired) electrons. The van der Waals surface area contributed by atoms with E-state index in [4.69, 9.17) is 16.2 Å². The van der Waals surface area contributed by atoms with Crippen molar-refractivity contribution in [3.05, 3.63) is 48.1 Å². The van der Waals surface area contributed by atoms with Gasteiger partial charge in [0.1, 0.15) is 11.8 Å². The van der Waals surface area contributed by atoms with Crippen molar-refractivity contribution < 1.29 is 15.0 Å². The van der Waals surface area contributed by atoms with E-state index in [0.29, 0.717) is 31.4 Å². The lowest BCUT2D eigenvalue weighted by Gasteiger charge is -2.05. The molecular weight excluding hydrogens is 320 g/mol. The highest BCUT2D eigenvalue weighted by Crippen LogP contribution is 2.20. The molecule has 0 saturated heterocycles. The van der Waals surface area contributed by atoms with Gasteiger partial charge in [0.05, 0.1) is 6.34 Å². The molecule has 0 heterocycles. The van der Waals surface area contributed by atoms with Gasteiger partial charge in [0, 0.05) is 11.8 Å². The summed E-state index contributed by atoms with van der Waals surface area (Å²) in [6.45, 7) is 4.10. The van der Waals surface area contributed by atoms with Crippen molar-refractivity contribution in [1.82, 2.24) is 0 Å². The molecule has 1 aromatic rings. The number of allylic oxidation sites excluding steroid dienone is 2. The van der Waals surface area contributed by atoms with E-state index in [2.05, 4.69) is 17.3 Å². The van der Waals surface area contributed by atoms with Crippen LogP contribution in [0.3, 0.4) is 0 Å². The maximum Gasteiger partial charge on any atom is 0.328 e. The fourth-order valence-electron chi connectivity index (χ4n) is 1.90. The smallest absolute Gasteiger partial charge is 0.328 e. The third-order valence-corrected chi connectivity index (χ3v) is 3.07. The largest absolute Gasteiger partial charge is 0.507 e. The first kappa shape index (κ1) is 22.1. The Hall–Kier alpha value is -2.93. The highest BCUT2D eigenvalue weighted by Gasteiger charge is 2.13. The first-order valence-electron chi connectivity index (χ1n) is 7.76. The van der Waals surface area contributed by atoms with Gasteiger partial charge in [-0.25, -0.2) is 4.79 Å². The van der Waals surface area contributed by atoms with Crippen LogP contribution in [-0.4, -0.2) is 41.3 Å². The van der Waals surface area contributed by atoms with Gasteiger partial charge in [-0.1, -0.05) is 18.2 Å². The molecular formula is C18H26N4O3. The number of nitrogens with zero attached hydrogens (tertiary/aromatic N) is 1. The number of carboxylic acids is 1. The normalized spacial score (nSPS) is 11.7. The van der Waals surface area contributed by atoms with E-state index >= 15 is 0 Å². The standard InChI is InChI=1S/C17H22N2O3.CH4N2/c1-2-5-13-8-9-14(16(20)12-13)6-4-11-19-15(17(21)22)7-3-10-18;2-1-3/h2,4,6,8-9,11-12,15,20H,1,3,5,7,10,18H2,(H,21,22);1H,(H3,2,3)/b6-4+,19-11?;. The third-order valence-electron chi connectivity index (χ3n) is 3.07. The van der Waals surface area contributed by atoms with E-state index in [1.807, 2.05) is 6.07 Å². The van der Waals surface area contributed by atoms with Crippen LogP contribution in [0.1, 0.15) is 24.0 Å². The molecule has 0 bridgehead atoms. The van der Waals surface area contributed by atoms with E-state index in [1.165, 1.54) is 6.21 Å². The van der Waals surface area contributed by atoms with Gasteiger partial charge in [0.2, 0.25) is 0 Å². The second-order valence-corrected chi connectivity index (χ2v) is 4.99. The number of aromatic hydroxyl groups is 1. The molecule has 7 heteroatoms. The summed E-state index contributed by atoms with van der Waals surface area (Å²) >= 11 is 0. The number of nitrogens with two attached hydrogens (primary N) is 2. The summed E-state index contributed by atoms with van der Waals surface area (Å²) in [4.78, 5) is 15.0. The van der Waals surface area contributed by atoms with Gasteiger partial charge in [-0.05, 0) is 49.6 Å². The number of rotatable bonds is 9. The molecule has 7 nitrogen and oxygen atoms in total. The molecule has 1 rings (SSSR count).